The van der Waals surface area contributed by atoms with Crippen molar-refractivity contribution in [1.82, 2.24) is 0 Å². The molecule has 2 aromatic rings. The van der Waals surface area contributed by atoms with Crippen molar-refractivity contribution in [2.75, 3.05) is 10.6 Å². The Morgan fingerprint density at radius 1 is 0.960 bits per heavy atom. The molecule has 3 rings (SSSR count). The predicted octanol–water partition coefficient (Wildman–Crippen LogP) is 4.99. The highest BCUT2D eigenvalue weighted by molar-refractivity contribution is 6.06. The summed E-state index contributed by atoms with van der Waals surface area (Å²) in [5.74, 6) is 0.468. The van der Waals surface area contributed by atoms with E-state index in [4.69, 9.17) is 5.73 Å². The average molecular weight is 336 g/mol. The molecule has 3 nitrogen and oxygen atoms in total. The monoisotopic (exact) mass is 336 g/mol. The second-order valence-corrected chi connectivity index (χ2v) is 8.29. The molecule has 0 saturated heterocycles. The molecule has 132 valence electrons. The van der Waals surface area contributed by atoms with E-state index in [0.29, 0.717) is 17.2 Å². The molecule has 0 bridgehead atoms. The Kier molecular flexibility index (Phi) is 4.14. The number of amides is 1. The molecule has 1 amide bonds. The summed E-state index contributed by atoms with van der Waals surface area (Å²) in [5.41, 5.74) is 8.47. The normalized spacial score (nSPS) is 19.2. The molecule has 25 heavy (non-hydrogen) atoms. The van der Waals surface area contributed by atoms with Gasteiger partial charge in [0.1, 0.15) is 0 Å². The van der Waals surface area contributed by atoms with Crippen LogP contribution in [0.3, 0.4) is 0 Å². The number of nitrogen functional groups attached to an aromatic ring is 1. The lowest BCUT2D eigenvalue weighted by Crippen LogP contribution is -2.41. The number of carbonyl (C=O) groups excluding carboxylic acids is 1. The fourth-order valence-corrected chi connectivity index (χ4v) is 4.49. The van der Waals surface area contributed by atoms with Crippen LogP contribution in [0, 0.1) is 16.7 Å². The first-order valence-corrected chi connectivity index (χ1v) is 8.92. The minimum Gasteiger partial charge on any atom is -0.399 e. The van der Waals surface area contributed by atoms with Gasteiger partial charge in [0.15, 0.2) is 0 Å². The van der Waals surface area contributed by atoms with E-state index in [1.54, 1.807) is 12.1 Å². The molecule has 2 aromatic carbocycles. The van der Waals surface area contributed by atoms with E-state index >= 15 is 0 Å². The molecule has 0 spiro atoms. The third kappa shape index (κ3) is 2.82. The molecular formula is C22H28N2O. The van der Waals surface area contributed by atoms with Gasteiger partial charge < -0.3 is 10.6 Å². The van der Waals surface area contributed by atoms with E-state index < -0.39 is 0 Å². The SMILES string of the molecule is C[C@H](C1C(C)(C)C1(C)C)N(C(=O)c1ccc(N)cc1)c1ccccc1. The van der Waals surface area contributed by atoms with Crippen LogP contribution in [0.4, 0.5) is 11.4 Å². The largest absolute Gasteiger partial charge is 0.399 e. The van der Waals surface area contributed by atoms with Crippen molar-refractivity contribution >= 4 is 17.3 Å². The van der Waals surface area contributed by atoms with Crippen LogP contribution in [-0.4, -0.2) is 11.9 Å². The number of rotatable bonds is 4. The first-order valence-electron chi connectivity index (χ1n) is 8.92. The smallest absolute Gasteiger partial charge is 0.258 e. The van der Waals surface area contributed by atoms with Gasteiger partial charge in [0.2, 0.25) is 0 Å². The summed E-state index contributed by atoms with van der Waals surface area (Å²) >= 11 is 0. The van der Waals surface area contributed by atoms with Crippen molar-refractivity contribution in [3.63, 3.8) is 0 Å². The van der Waals surface area contributed by atoms with E-state index in [0.717, 1.165) is 5.69 Å². The Hall–Kier alpha value is -2.29. The van der Waals surface area contributed by atoms with Crippen molar-refractivity contribution in [2.24, 2.45) is 16.7 Å². The maximum atomic E-state index is 13.3. The van der Waals surface area contributed by atoms with Gasteiger partial charge in [-0.1, -0.05) is 45.9 Å². The highest BCUT2D eigenvalue weighted by atomic mass is 16.2. The molecule has 1 aliphatic carbocycles. The van der Waals surface area contributed by atoms with Gasteiger partial charge in [0.25, 0.3) is 5.91 Å². The number of para-hydroxylation sites is 1. The number of nitrogens with two attached hydrogens (primary N) is 1. The molecular weight excluding hydrogens is 308 g/mol. The van der Waals surface area contributed by atoms with Crippen LogP contribution in [0.25, 0.3) is 0 Å². The maximum Gasteiger partial charge on any atom is 0.258 e. The minimum absolute atomic E-state index is 0.0252. The summed E-state index contributed by atoms with van der Waals surface area (Å²) in [5, 5.41) is 0. The van der Waals surface area contributed by atoms with Crippen molar-refractivity contribution < 1.29 is 4.79 Å². The number of benzene rings is 2. The van der Waals surface area contributed by atoms with Gasteiger partial charge >= 0.3 is 0 Å². The van der Waals surface area contributed by atoms with Crippen LogP contribution in [0.2, 0.25) is 0 Å². The molecule has 0 radical (unpaired) electrons. The number of hydrogen-bond donors (Lipinski definition) is 1. The first kappa shape index (κ1) is 17.5. The standard InChI is InChI=1S/C22H28N2O/c1-15(19-21(2,3)22(19,4)5)24(18-9-7-6-8-10-18)20(25)16-11-13-17(23)14-12-16/h6-15,19H,23H2,1-5H3/t15-/m1/s1. The van der Waals surface area contributed by atoms with Gasteiger partial charge in [-0.05, 0) is 60.1 Å². The van der Waals surface area contributed by atoms with Gasteiger partial charge in [0.05, 0.1) is 0 Å². The van der Waals surface area contributed by atoms with E-state index in [1.165, 1.54) is 0 Å². The summed E-state index contributed by atoms with van der Waals surface area (Å²) in [6.07, 6.45) is 0. The molecule has 2 N–H and O–H groups in total. The van der Waals surface area contributed by atoms with Crippen molar-refractivity contribution in [3.05, 3.63) is 60.2 Å². The molecule has 0 aliphatic heterocycles. The van der Waals surface area contributed by atoms with Crippen LogP contribution < -0.4 is 10.6 Å². The van der Waals surface area contributed by atoms with Gasteiger partial charge in [-0.25, -0.2) is 0 Å². The lowest BCUT2D eigenvalue weighted by Gasteiger charge is -2.31. The fourth-order valence-electron chi connectivity index (χ4n) is 4.49. The summed E-state index contributed by atoms with van der Waals surface area (Å²) in [4.78, 5) is 15.3. The topological polar surface area (TPSA) is 46.3 Å². The Morgan fingerprint density at radius 3 is 1.96 bits per heavy atom. The van der Waals surface area contributed by atoms with Gasteiger partial charge in [-0.3, -0.25) is 4.79 Å². The summed E-state index contributed by atoms with van der Waals surface area (Å²) in [6, 6.07) is 17.2. The number of hydrogen-bond acceptors (Lipinski definition) is 2. The van der Waals surface area contributed by atoms with Crippen molar-refractivity contribution in [1.29, 1.82) is 0 Å². The molecule has 0 heterocycles. The molecule has 1 aliphatic rings. The van der Waals surface area contributed by atoms with E-state index in [1.807, 2.05) is 47.4 Å². The van der Waals surface area contributed by atoms with Gasteiger partial charge in [-0.2, -0.15) is 0 Å². The minimum atomic E-state index is 0.0252. The highest BCUT2D eigenvalue weighted by Crippen LogP contribution is 2.70. The third-order valence-corrected chi connectivity index (χ3v) is 6.43. The zero-order valence-corrected chi connectivity index (χ0v) is 15.8. The Morgan fingerprint density at radius 2 is 1.48 bits per heavy atom. The van der Waals surface area contributed by atoms with Crippen LogP contribution in [-0.2, 0) is 0 Å². The van der Waals surface area contributed by atoms with E-state index in [-0.39, 0.29) is 22.8 Å². The molecule has 1 atom stereocenters. The lowest BCUT2D eigenvalue weighted by molar-refractivity contribution is 0.0973. The first-order chi connectivity index (χ1) is 11.7. The van der Waals surface area contributed by atoms with Crippen molar-refractivity contribution in [2.45, 2.75) is 40.7 Å². The Bertz CT molecular complexity index is 748. The maximum absolute atomic E-state index is 13.3. The molecule has 3 heteroatoms. The lowest BCUT2D eigenvalue weighted by atomic mass is 10.0. The average Bonchev–Trinajstić information content (AvgIpc) is 2.98. The van der Waals surface area contributed by atoms with Crippen LogP contribution in [0.5, 0.6) is 0 Å². The third-order valence-electron chi connectivity index (χ3n) is 6.43. The van der Waals surface area contributed by atoms with Crippen LogP contribution in [0.15, 0.2) is 54.6 Å². The number of anilines is 2. The summed E-state index contributed by atoms with van der Waals surface area (Å²) in [6.45, 7) is 11.4. The number of carbonyl (C=O) groups is 1. The number of nitrogens with zero attached hydrogens (tertiary/aromatic N) is 1. The van der Waals surface area contributed by atoms with Crippen LogP contribution in [0.1, 0.15) is 45.0 Å². The van der Waals surface area contributed by atoms with Gasteiger partial charge in [0, 0.05) is 23.0 Å². The van der Waals surface area contributed by atoms with E-state index in [9.17, 15) is 4.79 Å². The van der Waals surface area contributed by atoms with Crippen molar-refractivity contribution in [3.8, 4) is 0 Å². The quantitative estimate of drug-likeness (QED) is 0.800. The van der Waals surface area contributed by atoms with Gasteiger partial charge in [-0.15, -0.1) is 0 Å². The zero-order valence-electron chi connectivity index (χ0n) is 15.8. The highest BCUT2D eigenvalue weighted by Gasteiger charge is 2.67. The summed E-state index contributed by atoms with van der Waals surface area (Å²) < 4.78 is 0. The molecule has 0 aromatic heterocycles. The Balaban J connectivity index is 1.99. The van der Waals surface area contributed by atoms with E-state index in [2.05, 4.69) is 34.6 Å². The second kappa shape index (κ2) is 5.91. The fraction of sp³-hybridized carbons (Fsp3) is 0.409. The predicted molar refractivity (Wildman–Crippen MR) is 105 cm³/mol. The second-order valence-electron chi connectivity index (χ2n) is 8.29. The van der Waals surface area contributed by atoms with Crippen LogP contribution >= 0.6 is 0 Å². The molecule has 1 fully saturated rings. The zero-order chi connectivity index (χ0) is 18.4. The molecule has 1 saturated carbocycles. The summed E-state index contributed by atoms with van der Waals surface area (Å²) in [7, 11) is 0. The molecule has 0 unspecified atom stereocenters. The Labute approximate surface area is 150 Å².